The number of benzene rings is 4. The Kier molecular flexibility index (Phi) is 4.86. The van der Waals surface area contributed by atoms with Gasteiger partial charge in [0.1, 0.15) is 12.3 Å². The van der Waals surface area contributed by atoms with Gasteiger partial charge in [-0.3, -0.25) is 0 Å². The van der Waals surface area contributed by atoms with E-state index in [4.69, 9.17) is 16.5 Å². The van der Waals surface area contributed by atoms with Gasteiger partial charge in [-0.15, -0.1) is 0 Å². The summed E-state index contributed by atoms with van der Waals surface area (Å²) in [4.78, 5) is 19.5. The van der Waals surface area contributed by atoms with Gasteiger partial charge in [-0.1, -0.05) is 55.1 Å². The Balaban J connectivity index is 1.40. The van der Waals surface area contributed by atoms with E-state index in [9.17, 15) is 5.26 Å². The molecule has 7 heteroatoms. The Hall–Kier alpha value is -5.61. The number of aromatic nitrogens is 2. The molecule has 0 bridgehead atoms. The zero-order chi connectivity index (χ0) is 28.8. The van der Waals surface area contributed by atoms with E-state index in [1.54, 1.807) is 12.4 Å². The predicted molar refractivity (Wildman–Crippen MR) is 170 cm³/mol. The minimum Gasteiger partial charge on any atom is -0.352 e. The lowest BCUT2D eigenvalue weighted by Gasteiger charge is -2.50. The van der Waals surface area contributed by atoms with Crippen LogP contribution in [0.4, 0.5) is 40.1 Å². The zero-order valence-electron chi connectivity index (χ0n) is 23.5. The third-order valence-electron chi connectivity index (χ3n) is 9.57. The number of hydrogen-bond donors (Lipinski definition) is 0. The second-order valence-electron chi connectivity index (χ2n) is 11.6. The molecule has 0 saturated carbocycles. The number of allylic oxidation sites excluding steroid dienone is 1. The highest BCUT2D eigenvalue weighted by Gasteiger charge is 2.59. The standard InChI is InChI=1S/C36H27N7/c1-22-25-12-6-7-13-27(25)43-34-33(38-18-19-39-34)41(24-10-4-3-5-11-24)36(43)32-31(22)26-20-23(21-37)16-17-28(26)42-30-15-9-8-14-29(30)40(2)35(32)42/h3-20,31-32,35-36H,1H2,2H3. The second-order valence-corrected chi connectivity index (χ2v) is 11.6. The molecule has 0 spiro atoms. The smallest absolute Gasteiger partial charge is 0.178 e. The van der Waals surface area contributed by atoms with Crippen LogP contribution in [-0.4, -0.2) is 29.3 Å². The summed E-state index contributed by atoms with van der Waals surface area (Å²) in [6, 6.07) is 36.2. The van der Waals surface area contributed by atoms with Gasteiger partial charge >= 0.3 is 0 Å². The Morgan fingerprint density at radius 1 is 0.698 bits per heavy atom. The van der Waals surface area contributed by atoms with Crippen molar-refractivity contribution in [3.05, 3.63) is 133 Å². The van der Waals surface area contributed by atoms with E-state index in [1.165, 1.54) is 5.69 Å². The lowest BCUT2D eigenvalue weighted by molar-refractivity contribution is 0.323. The monoisotopic (exact) mass is 557 g/mol. The Morgan fingerprint density at radius 2 is 1.37 bits per heavy atom. The quantitative estimate of drug-likeness (QED) is 0.214. The van der Waals surface area contributed by atoms with Crippen LogP contribution in [-0.2, 0) is 0 Å². The average molecular weight is 558 g/mol. The summed E-state index contributed by atoms with van der Waals surface area (Å²) in [5.41, 5.74) is 9.49. The molecule has 4 unspecified atom stereocenters. The molecule has 0 N–H and O–H groups in total. The number of anilines is 7. The van der Waals surface area contributed by atoms with E-state index >= 15 is 0 Å². The van der Waals surface area contributed by atoms with Crippen LogP contribution in [0.5, 0.6) is 0 Å². The van der Waals surface area contributed by atoms with E-state index in [1.807, 2.05) is 12.1 Å². The minimum atomic E-state index is -0.187. The highest BCUT2D eigenvalue weighted by atomic mass is 15.5. The molecule has 43 heavy (non-hydrogen) atoms. The number of nitrogens with zero attached hydrogens (tertiary/aromatic N) is 7. The molecule has 0 radical (unpaired) electrons. The molecule has 206 valence electrons. The van der Waals surface area contributed by atoms with Crippen molar-refractivity contribution < 1.29 is 0 Å². The van der Waals surface area contributed by atoms with Crippen molar-refractivity contribution in [2.75, 3.05) is 26.6 Å². The van der Waals surface area contributed by atoms with Crippen LogP contribution in [0, 0.1) is 17.2 Å². The normalized spacial score (nSPS) is 22.4. The molecule has 5 aromatic rings. The summed E-state index contributed by atoms with van der Waals surface area (Å²) >= 11 is 0. The summed E-state index contributed by atoms with van der Waals surface area (Å²) < 4.78 is 0. The third kappa shape index (κ3) is 3.07. The van der Waals surface area contributed by atoms with Gasteiger partial charge in [0, 0.05) is 48.2 Å². The molecule has 9 rings (SSSR count). The van der Waals surface area contributed by atoms with Crippen molar-refractivity contribution in [3.63, 3.8) is 0 Å². The molecule has 1 aromatic heterocycles. The van der Waals surface area contributed by atoms with Crippen molar-refractivity contribution in [3.8, 4) is 6.07 Å². The maximum atomic E-state index is 10.0. The first-order chi connectivity index (χ1) is 21.2. The predicted octanol–water partition coefficient (Wildman–Crippen LogP) is 7.32. The van der Waals surface area contributed by atoms with Crippen LogP contribution in [0.3, 0.4) is 0 Å². The largest absolute Gasteiger partial charge is 0.352 e. The fourth-order valence-corrected chi connectivity index (χ4v) is 7.96. The van der Waals surface area contributed by atoms with E-state index in [2.05, 4.69) is 118 Å². The van der Waals surface area contributed by atoms with Crippen LogP contribution < -0.4 is 19.6 Å². The molecule has 4 aliphatic heterocycles. The lowest BCUT2D eigenvalue weighted by Crippen LogP contribution is -2.59. The molecular weight excluding hydrogens is 530 g/mol. The van der Waals surface area contributed by atoms with E-state index in [0.29, 0.717) is 5.56 Å². The SMILES string of the molecule is C=C1c2ccccc2N2c3nccnc3N(c3ccccc3)C2C2C1c1cc(C#N)ccc1N1c3ccccc3N(C)C21. The molecule has 7 nitrogen and oxygen atoms in total. The molecule has 0 amide bonds. The zero-order valence-corrected chi connectivity index (χ0v) is 23.5. The highest BCUT2D eigenvalue weighted by Crippen LogP contribution is 2.63. The van der Waals surface area contributed by atoms with E-state index < -0.39 is 0 Å². The molecule has 4 atom stereocenters. The number of fused-ring (bicyclic) bond motifs is 14. The third-order valence-corrected chi connectivity index (χ3v) is 9.57. The van der Waals surface area contributed by atoms with Crippen LogP contribution in [0.1, 0.15) is 22.6 Å². The molecule has 0 fully saturated rings. The number of hydrogen-bond acceptors (Lipinski definition) is 7. The highest BCUT2D eigenvalue weighted by molar-refractivity contribution is 5.95. The summed E-state index contributed by atoms with van der Waals surface area (Å²) in [5, 5.41) is 10.0. The second kappa shape index (κ2) is 8.70. The first kappa shape index (κ1) is 24.0. The van der Waals surface area contributed by atoms with Gasteiger partial charge in [-0.2, -0.15) is 5.26 Å². The van der Waals surface area contributed by atoms with Gasteiger partial charge in [0.25, 0.3) is 0 Å². The fourth-order valence-electron chi connectivity index (χ4n) is 7.96. The topological polar surface area (TPSA) is 62.5 Å². The van der Waals surface area contributed by atoms with Crippen LogP contribution in [0.2, 0.25) is 0 Å². The van der Waals surface area contributed by atoms with Gasteiger partial charge in [-0.25, -0.2) is 9.97 Å². The molecule has 5 heterocycles. The van der Waals surface area contributed by atoms with Gasteiger partial charge in [0.05, 0.1) is 28.7 Å². The van der Waals surface area contributed by atoms with Gasteiger partial charge in [0.2, 0.25) is 0 Å². The first-order valence-corrected chi connectivity index (χ1v) is 14.6. The maximum absolute atomic E-state index is 10.0. The molecule has 0 aliphatic carbocycles. The van der Waals surface area contributed by atoms with Gasteiger partial charge in [0.15, 0.2) is 11.6 Å². The number of rotatable bonds is 1. The first-order valence-electron chi connectivity index (χ1n) is 14.6. The van der Waals surface area contributed by atoms with Crippen LogP contribution in [0.15, 0.2) is 116 Å². The maximum Gasteiger partial charge on any atom is 0.178 e. The van der Waals surface area contributed by atoms with Crippen molar-refractivity contribution in [1.29, 1.82) is 5.26 Å². The molecule has 0 saturated heterocycles. The molecule has 4 aliphatic rings. The van der Waals surface area contributed by atoms with E-state index in [-0.39, 0.29) is 24.2 Å². The van der Waals surface area contributed by atoms with Gasteiger partial charge in [-0.05, 0) is 59.7 Å². The number of nitriles is 1. The van der Waals surface area contributed by atoms with Gasteiger partial charge < -0.3 is 19.6 Å². The summed E-state index contributed by atoms with van der Waals surface area (Å²) in [6.07, 6.45) is 3.33. The average Bonchev–Trinajstić information content (AvgIpc) is 3.53. The van der Waals surface area contributed by atoms with E-state index in [0.717, 1.165) is 51.1 Å². The summed E-state index contributed by atoms with van der Waals surface area (Å²) in [6.45, 7) is 4.82. The van der Waals surface area contributed by atoms with Crippen molar-refractivity contribution in [2.45, 2.75) is 18.2 Å². The lowest BCUT2D eigenvalue weighted by atomic mass is 9.72. The summed E-state index contributed by atoms with van der Waals surface area (Å²) in [5.74, 6) is 1.55. The fraction of sp³-hybridized carbons (Fsp3) is 0.139. The van der Waals surface area contributed by atoms with Crippen molar-refractivity contribution in [2.24, 2.45) is 5.92 Å². The molecular formula is C36H27N7. The van der Waals surface area contributed by atoms with Crippen molar-refractivity contribution in [1.82, 2.24) is 9.97 Å². The number of para-hydroxylation sites is 4. The summed E-state index contributed by atoms with van der Waals surface area (Å²) in [7, 11) is 2.20. The molecule has 4 aromatic carbocycles. The Morgan fingerprint density at radius 3 is 2.14 bits per heavy atom. The van der Waals surface area contributed by atoms with Crippen LogP contribution >= 0.6 is 0 Å². The Bertz CT molecular complexity index is 2000. The van der Waals surface area contributed by atoms with Crippen molar-refractivity contribution >= 4 is 45.6 Å². The minimum absolute atomic E-state index is 0.0325. The van der Waals surface area contributed by atoms with Crippen LogP contribution in [0.25, 0.3) is 5.57 Å². The Labute approximate surface area is 250 Å².